The Morgan fingerprint density at radius 3 is 2.10 bits per heavy atom. The third kappa shape index (κ3) is 4.75. The molecule has 4 N–H and O–H groups in total. The van der Waals surface area contributed by atoms with E-state index in [9.17, 15) is 30.0 Å². The Balaban J connectivity index is 0.000000158. The van der Waals surface area contributed by atoms with E-state index in [1.165, 1.54) is 11.6 Å². The van der Waals surface area contributed by atoms with E-state index in [0.717, 1.165) is 30.2 Å². The van der Waals surface area contributed by atoms with Gasteiger partial charge in [-0.05, 0) is 50.1 Å². The number of phenolic OH excluding ortho intramolecular Hbond substituents is 4. The second-order valence-electron chi connectivity index (χ2n) is 9.31. The number of hydrogen-bond donors (Lipinski definition) is 4. The predicted octanol–water partition coefficient (Wildman–Crippen LogP) is 6.22. The number of allylic oxidation sites excluding steroid dienone is 2. The van der Waals surface area contributed by atoms with Gasteiger partial charge >= 0.3 is 0 Å². The van der Waals surface area contributed by atoms with Crippen LogP contribution in [0.4, 0.5) is 0 Å². The normalized spacial score (nSPS) is 11.0. The molecule has 0 saturated heterocycles. The molecule has 2 heterocycles. The van der Waals surface area contributed by atoms with Crippen molar-refractivity contribution in [1.29, 1.82) is 0 Å². The number of aromatic hydroxyl groups is 4. The smallest absolute Gasteiger partial charge is 0.204 e. The number of fused-ring (bicyclic) bond motifs is 4. The van der Waals surface area contributed by atoms with Crippen molar-refractivity contribution in [2.24, 2.45) is 0 Å². The average Bonchev–Trinajstić information content (AvgIpc) is 2.89. The highest BCUT2D eigenvalue weighted by molar-refractivity contribution is 5.95. The fourth-order valence-corrected chi connectivity index (χ4v) is 4.37. The Kier molecular flexibility index (Phi) is 6.45. The fourth-order valence-electron chi connectivity index (χ4n) is 4.37. The maximum absolute atomic E-state index is 12.7. The monoisotopic (exact) mass is 524 g/mol. The highest BCUT2D eigenvalue weighted by Gasteiger charge is 2.15. The second kappa shape index (κ2) is 9.90. The molecule has 0 radical (unpaired) electrons. The Morgan fingerprint density at radius 2 is 1.33 bits per heavy atom. The second-order valence-corrected chi connectivity index (χ2v) is 9.31. The first-order chi connectivity index (χ1) is 18.6. The van der Waals surface area contributed by atoms with Gasteiger partial charge in [0.2, 0.25) is 10.9 Å². The van der Waals surface area contributed by atoms with Crippen LogP contribution in [0.1, 0.15) is 19.4 Å². The van der Waals surface area contributed by atoms with Crippen LogP contribution in [-0.2, 0) is 6.42 Å². The summed E-state index contributed by atoms with van der Waals surface area (Å²) in [5.41, 5.74) is 3.08. The molecule has 6 rings (SSSR count). The molecule has 0 amide bonds. The molecule has 0 saturated carbocycles. The van der Waals surface area contributed by atoms with Gasteiger partial charge in [0, 0.05) is 18.2 Å². The summed E-state index contributed by atoms with van der Waals surface area (Å²) in [5.74, 6) is -1.56. The number of para-hydroxylation sites is 1. The zero-order chi connectivity index (χ0) is 27.8. The van der Waals surface area contributed by atoms with E-state index >= 15 is 0 Å². The van der Waals surface area contributed by atoms with E-state index in [2.05, 4.69) is 19.9 Å². The Labute approximate surface area is 220 Å². The quantitative estimate of drug-likeness (QED) is 0.119. The van der Waals surface area contributed by atoms with Gasteiger partial charge in [-0.1, -0.05) is 35.9 Å². The first kappa shape index (κ1) is 25.4. The number of rotatable bonds is 2. The summed E-state index contributed by atoms with van der Waals surface area (Å²) < 4.78 is 11.2. The van der Waals surface area contributed by atoms with Gasteiger partial charge in [0.05, 0.1) is 16.2 Å². The van der Waals surface area contributed by atoms with Crippen molar-refractivity contribution in [2.45, 2.75) is 20.3 Å². The van der Waals surface area contributed by atoms with Crippen molar-refractivity contribution < 1.29 is 29.3 Å². The minimum Gasteiger partial charge on any atom is -0.508 e. The molecule has 8 nitrogen and oxygen atoms in total. The minimum absolute atomic E-state index is 0.0138. The first-order valence-electron chi connectivity index (χ1n) is 12.1. The van der Waals surface area contributed by atoms with Crippen LogP contribution in [0.3, 0.4) is 0 Å². The van der Waals surface area contributed by atoms with Gasteiger partial charge in [-0.2, -0.15) is 0 Å². The molecule has 39 heavy (non-hydrogen) atoms. The third-order valence-corrected chi connectivity index (χ3v) is 6.26. The van der Waals surface area contributed by atoms with Crippen LogP contribution < -0.4 is 10.9 Å². The van der Waals surface area contributed by atoms with Crippen LogP contribution in [0, 0.1) is 0 Å². The zero-order valence-electron chi connectivity index (χ0n) is 21.1. The van der Waals surface area contributed by atoms with Crippen molar-refractivity contribution in [3.63, 3.8) is 0 Å². The van der Waals surface area contributed by atoms with Gasteiger partial charge in [0.1, 0.15) is 39.2 Å². The predicted molar refractivity (Wildman–Crippen MR) is 150 cm³/mol. The average molecular weight is 525 g/mol. The summed E-state index contributed by atoms with van der Waals surface area (Å²) in [6.45, 7) is 4.12. The fraction of sp³-hybridized carbons (Fsp3) is 0.0968. The lowest BCUT2D eigenvalue weighted by Crippen LogP contribution is -2.04. The molecule has 0 unspecified atom stereocenters. The zero-order valence-corrected chi connectivity index (χ0v) is 21.1. The van der Waals surface area contributed by atoms with Gasteiger partial charge in [-0.3, -0.25) is 9.59 Å². The van der Waals surface area contributed by atoms with Crippen molar-refractivity contribution in [3.8, 4) is 23.0 Å². The summed E-state index contributed by atoms with van der Waals surface area (Å²) in [4.78, 5) is 24.9. The molecular weight excluding hydrogens is 500 g/mol. The van der Waals surface area contributed by atoms with Crippen LogP contribution in [0.5, 0.6) is 23.0 Å². The lowest BCUT2D eigenvalue weighted by atomic mass is 10.0. The van der Waals surface area contributed by atoms with Crippen LogP contribution in [0.2, 0.25) is 0 Å². The van der Waals surface area contributed by atoms with E-state index in [0.29, 0.717) is 21.9 Å². The molecule has 0 bridgehead atoms. The first-order valence-corrected chi connectivity index (χ1v) is 12.1. The van der Waals surface area contributed by atoms with Crippen molar-refractivity contribution in [2.75, 3.05) is 0 Å². The molecule has 6 aromatic rings. The third-order valence-electron chi connectivity index (χ3n) is 6.26. The van der Waals surface area contributed by atoms with E-state index in [1.807, 2.05) is 42.5 Å². The Morgan fingerprint density at radius 1 is 0.667 bits per heavy atom. The van der Waals surface area contributed by atoms with E-state index in [1.54, 1.807) is 0 Å². The standard InChI is InChI=1S/C18H16O2.C13H8O6/c1-12(2)10-11-13-6-5-9-16-17(13)18(19)14-7-3-4-8-15(14)20-16;14-5-1-9(17)12-11(2-5)19-10-4-8(16)7(15)3-6(10)13(12)18/h3-10H,11H2,1-2H3;1-4,14-17H. The number of phenols is 4. The van der Waals surface area contributed by atoms with E-state index < -0.39 is 22.7 Å². The molecule has 2 aromatic heterocycles. The maximum atomic E-state index is 12.7. The molecule has 196 valence electrons. The molecule has 0 aliphatic carbocycles. The van der Waals surface area contributed by atoms with Crippen molar-refractivity contribution >= 4 is 43.9 Å². The molecule has 8 heteroatoms. The molecule has 0 aliphatic rings. The van der Waals surface area contributed by atoms with Gasteiger partial charge in [0.15, 0.2) is 11.5 Å². The summed E-state index contributed by atoms with van der Waals surface area (Å²) >= 11 is 0. The molecule has 0 fully saturated rings. The molecule has 0 atom stereocenters. The summed E-state index contributed by atoms with van der Waals surface area (Å²) in [6.07, 6.45) is 2.88. The van der Waals surface area contributed by atoms with Crippen LogP contribution in [0.25, 0.3) is 43.9 Å². The minimum atomic E-state index is -0.566. The Hall–Kier alpha value is -5.24. The van der Waals surface area contributed by atoms with Crippen molar-refractivity contribution in [1.82, 2.24) is 0 Å². The molecule has 0 aliphatic heterocycles. The highest BCUT2D eigenvalue weighted by atomic mass is 16.3. The van der Waals surface area contributed by atoms with Gasteiger partial charge in [-0.15, -0.1) is 0 Å². The molecule has 4 aromatic carbocycles. The summed E-state index contributed by atoms with van der Waals surface area (Å²) in [7, 11) is 0. The van der Waals surface area contributed by atoms with Crippen LogP contribution in [0.15, 0.2) is 96.8 Å². The molecule has 0 spiro atoms. The largest absolute Gasteiger partial charge is 0.508 e. The number of hydrogen-bond acceptors (Lipinski definition) is 8. The van der Waals surface area contributed by atoms with Gasteiger partial charge < -0.3 is 29.3 Å². The number of benzene rings is 4. The Bertz CT molecular complexity index is 2040. The van der Waals surface area contributed by atoms with Crippen molar-refractivity contribution in [3.05, 3.63) is 104 Å². The SMILES string of the molecule is CC(C)=CCc1cccc2oc3ccccc3c(=O)c12.O=c1c2cc(O)c(O)cc2oc2cc(O)cc(O)c12. The highest BCUT2D eigenvalue weighted by Crippen LogP contribution is 2.34. The van der Waals surface area contributed by atoms with E-state index in [-0.39, 0.29) is 33.1 Å². The van der Waals surface area contributed by atoms with Crippen LogP contribution >= 0.6 is 0 Å². The lowest BCUT2D eigenvalue weighted by Gasteiger charge is -2.05. The van der Waals surface area contributed by atoms with Gasteiger partial charge in [0.25, 0.3) is 0 Å². The summed E-state index contributed by atoms with van der Waals surface area (Å²) in [6, 6.07) is 17.5. The molecular formula is C31H24O8. The topological polar surface area (TPSA) is 141 Å². The van der Waals surface area contributed by atoms with Crippen LogP contribution in [-0.4, -0.2) is 20.4 Å². The van der Waals surface area contributed by atoms with E-state index in [4.69, 9.17) is 8.83 Å². The lowest BCUT2D eigenvalue weighted by molar-refractivity contribution is 0.404. The summed E-state index contributed by atoms with van der Waals surface area (Å²) in [5, 5.41) is 39.1. The maximum Gasteiger partial charge on any atom is 0.204 e. The van der Waals surface area contributed by atoms with Gasteiger partial charge in [-0.25, -0.2) is 0 Å².